The molecule has 28 heavy (non-hydrogen) atoms. The molecule has 156 valence electrons. The predicted molar refractivity (Wildman–Crippen MR) is 109 cm³/mol. The van der Waals surface area contributed by atoms with Crippen molar-refractivity contribution in [3.63, 3.8) is 0 Å². The third kappa shape index (κ3) is 6.14. The summed E-state index contributed by atoms with van der Waals surface area (Å²) in [5.41, 5.74) is 1.01. The molecule has 0 radical (unpaired) electrons. The number of rotatable bonds is 9. The van der Waals surface area contributed by atoms with Crippen molar-refractivity contribution in [3.8, 4) is 11.5 Å². The predicted octanol–water partition coefficient (Wildman–Crippen LogP) is 3.62. The summed E-state index contributed by atoms with van der Waals surface area (Å²) >= 11 is 0. The van der Waals surface area contributed by atoms with Crippen molar-refractivity contribution < 1.29 is 19.1 Å². The van der Waals surface area contributed by atoms with Crippen LogP contribution in [0.15, 0.2) is 18.2 Å². The summed E-state index contributed by atoms with van der Waals surface area (Å²) in [7, 11) is 5.06. The van der Waals surface area contributed by atoms with E-state index in [0.717, 1.165) is 31.2 Å². The summed E-state index contributed by atoms with van der Waals surface area (Å²) < 4.78 is 11.3. The summed E-state index contributed by atoms with van der Waals surface area (Å²) in [4.78, 5) is 28.3. The molecule has 1 aliphatic carbocycles. The van der Waals surface area contributed by atoms with Crippen LogP contribution in [0.25, 0.3) is 0 Å². The molecule has 1 aliphatic rings. The Morgan fingerprint density at radius 2 is 1.71 bits per heavy atom. The molecule has 0 aliphatic heterocycles. The number of amides is 2. The number of hydrogen-bond donors (Lipinski definition) is 0. The second-order valence-electron chi connectivity index (χ2n) is 7.90. The zero-order valence-electron chi connectivity index (χ0n) is 17.9. The third-order valence-corrected chi connectivity index (χ3v) is 5.08. The van der Waals surface area contributed by atoms with Crippen LogP contribution in [-0.4, -0.2) is 55.0 Å². The lowest BCUT2D eigenvalue weighted by atomic mass is 10.1. The Balaban J connectivity index is 2.15. The molecule has 1 aromatic rings. The van der Waals surface area contributed by atoms with Crippen molar-refractivity contribution in [2.45, 2.75) is 71.1 Å². The van der Waals surface area contributed by atoms with E-state index in [1.807, 2.05) is 36.9 Å². The van der Waals surface area contributed by atoms with Gasteiger partial charge in [0.15, 0.2) is 11.5 Å². The lowest BCUT2D eigenvalue weighted by molar-refractivity contribution is -0.137. The number of hydrogen-bond acceptors (Lipinski definition) is 4. The molecule has 0 N–H and O–H groups in total. The second-order valence-corrected chi connectivity index (χ2v) is 7.90. The minimum Gasteiger partial charge on any atom is -0.493 e. The van der Waals surface area contributed by atoms with E-state index in [0.29, 0.717) is 18.0 Å². The van der Waals surface area contributed by atoms with E-state index in [1.54, 1.807) is 21.2 Å². The smallest absolute Gasteiger partial charge is 0.223 e. The minimum absolute atomic E-state index is 0.0169. The summed E-state index contributed by atoms with van der Waals surface area (Å²) in [6, 6.07) is 6.07. The number of carbonyl (C=O) groups is 2. The molecular formula is C22H34N2O4. The van der Waals surface area contributed by atoms with Crippen LogP contribution < -0.4 is 9.47 Å². The highest BCUT2D eigenvalue weighted by Gasteiger charge is 2.27. The van der Waals surface area contributed by atoms with Gasteiger partial charge in [0, 0.05) is 39.5 Å². The summed E-state index contributed by atoms with van der Waals surface area (Å²) in [5.74, 6) is 1.41. The Morgan fingerprint density at radius 3 is 2.29 bits per heavy atom. The topological polar surface area (TPSA) is 59.1 Å². The van der Waals surface area contributed by atoms with Crippen molar-refractivity contribution in [3.05, 3.63) is 23.8 Å². The SMILES string of the molecule is COc1ccc(CN(C(=O)CCC(=O)N(C)C)C2CCCC2)cc1OC(C)C. The lowest BCUT2D eigenvalue weighted by Crippen LogP contribution is -2.38. The highest BCUT2D eigenvalue weighted by atomic mass is 16.5. The van der Waals surface area contributed by atoms with Gasteiger partial charge in [-0.25, -0.2) is 0 Å². The van der Waals surface area contributed by atoms with E-state index in [2.05, 4.69) is 0 Å². The van der Waals surface area contributed by atoms with Gasteiger partial charge in [-0.2, -0.15) is 0 Å². The van der Waals surface area contributed by atoms with Crippen LogP contribution >= 0.6 is 0 Å². The first-order valence-corrected chi connectivity index (χ1v) is 10.1. The van der Waals surface area contributed by atoms with Crippen LogP contribution in [-0.2, 0) is 16.1 Å². The highest BCUT2D eigenvalue weighted by Crippen LogP contribution is 2.31. The highest BCUT2D eigenvalue weighted by molar-refractivity contribution is 5.83. The molecule has 0 saturated heterocycles. The lowest BCUT2D eigenvalue weighted by Gasteiger charge is -2.30. The normalized spacial score (nSPS) is 14.2. The summed E-state index contributed by atoms with van der Waals surface area (Å²) in [6.07, 6.45) is 4.88. The molecule has 1 fully saturated rings. The van der Waals surface area contributed by atoms with E-state index in [1.165, 1.54) is 4.90 Å². The van der Waals surface area contributed by atoms with Gasteiger partial charge in [0.2, 0.25) is 11.8 Å². The van der Waals surface area contributed by atoms with Crippen LogP contribution in [0.3, 0.4) is 0 Å². The Labute approximate surface area is 168 Å². The van der Waals surface area contributed by atoms with Gasteiger partial charge in [0.05, 0.1) is 13.2 Å². The van der Waals surface area contributed by atoms with Gasteiger partial charge < -0.3 is 19.3 Å². The van der Waals surface area contributed by atoms with Crippen LogP contribution in [0.2, 0.25) is 0 Å². The van der Waals surface area contributed by atoms with Gasteiger partial charge in [-0.1, -0.05) is 18.9 Å². The average molecular weight is 391 g/mol. The average Bonchev–Trinajstić information content (AvgIpc) is 3.17. The van der Waals surface area contributed by atoms with Crippen molar-refractivity contribution in [1.29, 1.82) is 0 Å². The Bertz CT molecular complexity index is 667. The van der Waals surface area contributed by atoms with Crippen molar-refractivity contribution in [2.75, 3.05) is 21.2 Å². The molecule has 0 heterocycles. The third-order valence-electron chi connectivity index (χ3n) is 5.08. The van der Waals surface area contributed by atoms with E-state index < -0.39 is 0 Å². The van der Waals surface area contributed by atoms with Crippen LogP contribution in [0.1, 0.15) is 57.9 Å². The molecule has 0 aromatic heterocycles. The Morgan fingerprint density at radius 1 is 1.07 bits per heavy atom. The van der Waals surface area contributed by atoms with Gasteiger partial charge in [-0.3, -0.25) is 9.59 Å². The summed E-state index contributed by atoms with van der Waals surface area (Å²) in [5, 5.41) is 0. The first-order valence-electron chi connectivity index (χ1n) is 10.1. The maximum absolute atomic E-state index is 12.9. The van der Waals surface area contributed by atoms with Crippen LogP contribution in [0.5, 0.6) is 11.5 Å². The number of benzene rings is 1. The molecule has 0 bridgehead atoms. The van der Waals surface area contributed by atoms with Gasteiger partial charge in [-0.15, -0.1) is 0 Å². The van der Waals surface area contributed by atoms with Crippen molar-refractivity contribution >= 4 is 11.8 Å². The number of ether oxygens (including phenoxy) is 2. The van der Waals surface area contributed by atoms with Crippen LogP contribution in [0, 0.1) is 0 Å². The van der Waals surface area contributed by atoms with E-state index >= 15 is 0 Å². The summed E-state index contributed by atoms with van der Waals surface area (Å²) in [6.45, 7) is 4.47. The standard InChI is InChI=1S/C22H34N2O4/c1-16(2)28-20-14-17(10-11-19(20)27-5)15-24(18-8-6-7-9-18)22(26)13-12-21(25)23(3)4/h10-11,14,16,18H,6-9,12-13,15H2,1-5H3. The Kier molecular flexibility index (Phi) is 8.15. The molecule has 6 heteroatoms. The molecular weight excluding hydrogens is 356 g/mol. The van der Waals surface area contributed by atoms with Gasteiger partial charge in [0.25, 0.3) is 0 Å². The number of carbonyl (C=O) groups excluding carboxylic acids is 2. The fourth-order valence-corrected chi connectivity index (χ4v) is 3.58. The quantitative estimate of drug-likeness (QED) is 0.646. The van der Waals surface area contributed by atoms with Crippen molar-refractivity contribution in [2.24, 2.45) is 0 Å². The molecule has 0 atom stereocenters. The monoisotopic (exact) mass is 390 g/mol. The zero-order valence-corrected chi connectivity index (χ0v) is 17.9. The first-order chi connectivity index (χ1) is 13.3. The van der Waals surface area contributed by atoms with E-state index in [9.17, 15) is 9.59 Å². The van der Waals surface area contributed by atoms with Crippen molar-refractivity contribution in [1.82, 2.24) is 9.80 Å². The van der Waals surface area contributed by atoms with Crippen LogP contribution in [0.4, 0.5) is 0 Å². The molecule has 1 saturated carbocycles. The maximum atomic E-state index is 12.9. The van der Waals surface area contributed by atoms with Gasteiger partial charge in [0.1, 0.15) is 0 Å². The second kappa shape index (κ2) is 10.3. The fraction of sp³-hybridized carbons (Fsp3) is 0.636. The molecule has 2 amide bonds. The largest absolute Gasteiger partial charge is 0.493 e. The molecule has 2 rings (SSSR count). The zero-order chi connectivity index (χ0) is 20.7. The number of methoxy groups -OCH3 is 1. The first kappa shape index (κ1) is 22.1. The van der Waals surface area contributed by atoms with E-state index in [-0.39, 0.29) is 36.8 Å². The Hall–Kier alpha value is -2.24. The van der Waals surface area contributed by atoms with Gasteiger partial charge >= 0.3 is 0 Å². The minimum atomic E-state index is -0.0169. The maximum Gasteiger partial charge on any atom is 0.223 e. The molecule has 0 spiro atoms. The fourth-order valence-electron chi connectivity index (χ4n) is 3.58. The molecule has 6 nitrogen and oxygen atoms in total. The molecule has 0 unspecified atom stereocenters. The molecule has 1 aromatic carbocycles. The number of nitrogens with zero attached hydrogens (tertiary/aromatic N) is 2. The van der Waals surface area contributed by atoms with E-state index in [4.69, 9.17) is 9.47 Å². The van der Waals surface area contributed by atoms with Gasteiger partial charge in [-0.05, 0) is 44.4 Å².